The van der Waals surface area contributed by atoms with E-state index < -0.39 is 0 Å². The molecule has 1 atom stereocenters. The summed E-state index contributed by atoms with van der Waals surface area (Å²) in [6, 6.07) is 0. The Morgan fingerprint density at radius 3 is 2.70 bits per heavy atom. The fraction of sp³-hybridized carbons (Fsp3) is 1.00. The summed E-state index contributed by atoms with van der Waals surface area (Å²) in [7, 11) is 0. The normalized spacial score (nSPS) is 27.3. The van der Waals surface area contributed by atoms with Crippen molar-refractivity contribution in [2.75, 3.05) is 11.5 Å². The first-order valence-electron chi connectivity index (χ1n) is 3.94. The molecule has 2 heteroatoms. The lowest BCUT2D eigenvalue weighted by molar-refractivity contribution is 0.386. The molecule has 1 nitrogen and oxygen atoms in total. The average molecular weight is 159 g/mol. The summed E-state index contributed by atoms with van der Waals surface area (Å²) in [6.07, 6.45) is 2.57. The van der Waals surface area contributed by atoms with Crippen molar-refractivity contribution in [3.63, 3.8) is 0 Å². The van der Waals surface area contributed by atoms with Gasteiger partial charge in [0.15, 0.2) is 0 Å². The van der Waals surface area contributed by atoms with Crippen LogP contribution in [0.15, 0.2) is 0 Å². The van der Waals surface area contributed by atoms with E-state index in [4.69, 9.17) is 5.73 Å². The molecule has 1 heterocycles. The summed E-state index contributed by atoms with van der Waals surface area (Å²) in [4.78, 5) is 0. The molecule has 0 aromatic rings. The van der Waals surface area contributed by atoms with Crippen LogP contribution >= 0.6 is 11.8 Å². The van der Waals surface area contributed by atoms with Crippen LogP contribution in [-0.4, -0.2) is 17.0 Å². The van der Waals surface area contributed by atoms with E-state index in [0.717, 1.165) is 5.92 Å². The molecule has 2 N–H and O–H groups in total. The van der Waals surface area contributed by atoms with Crippen LogP contribution in [0.5, 0.6) is 0 Å². The molecule has 1 saturated heterocycles. The Hall–Kier alpha value is 0.310. The highest BCUT2D eigenvalue weighted by Gasteiger charge is 2.22. The van der Waals surface area contributed by atoms with Gasteiger partial charge in [-0.2, -0.15) is 11.8 Å². The van der Waals surface area contributed by atoms with Gasteiger partial charge in [0.2, 0.25) is 0 Å². The quantitative estimate of drug-likeness (QED) is 0.665. The first-order chi connectivity index (χ1) is 4.58. The Bertz CT molecular complexity index is 100. The maximum Gasteiger partial charge on any atom is 0.00999 e. The van der Waals surface area contributed by atoms with E-state index >= 15 is 0 Å². The summed E-state index contributed by atoms with van der Waals surface area (Å²) in [6.45, 7) is 4.24. The Morgan fingerprint density at radius 2 is 2.30 bits per heavy atom. The molecule has 1 unspecified atom stereocenters. The zero-order valence-corrected chi connectivity index (χ0v) is 7.71. The Morgan fingerprint density at radius 1 is 1.60 bits per heavy atom. The molecule has 0 aliphatic carbocycles. The molecule has 0 aromatic heterocycles. The highest BCUT2D eigenvalue weighted by molar-refractivity contribution is 7.99. The second-order valence-corrected chi connectivity index (χ2v) is 5.07. The van der Waals surface area contributed by atoms with Crippen LogP contribution in [-0.2, 0) is 0 Å². The van der Waals surface area contributed by atoms with Gasteiger partial charge in [0, 0.05) is 5.54 Å². The summed E-state index contributed by atoms with van der Waals surface area (Å²) >= 11 is 2.07. The standard InChI is InChI=1S/C8H17NS/c1-8(2,9)5-7-3-4-10-6-7/h7H,3-6,9H2,1-2H3. The van der Waals surface area contributed by atoms with Crippen molar-refractivity contribution in [3.8, 4) is 0 Å². The third kappa shape index (κ3) is 2.93. The molecular weight excluding hydrogens is 142 g/mol. The van der Waals surface area contributed by atoms with E-state index in [-0.39, 0.29) is 5.54 Å². The van der Waals surface area contributed by atoms with Crippen molar-refractivity contribution in [3.05, 3.63) is 0 Å². The molecular formula is C8H17NS. The molecule has 0 spiro atoms. The second kappa shape index (κ2) is 3.14. The van der Waals surface area contributed by atoms with E-state index in [1.165, 1.54) is 24.3 Å². The average Bonchev–Trinajstić information content (AvgIpc) is 2.12. The van der Waals surface area contributed by atoms with Crippen LogP contribution < -0.4 is 5.73 Å². The first-order valence-corrected chi connectivity index (χ1v) is 5.10. The minimum absolute atomic E-state index is 0.0512. The number of rotatable bonds is 2. The van der Waals surface area contributed by atoms with Crippen LogP contribution in [0.1, 0.15) is 26.7 Å². The van der Waals surface area contributed by atoms with Crippen molar-refractivity contribution in [2.24, 2.45) is 11.7 Å². The number of hydrogen-bond donors (Lipinski definition) is 1. The Labute approximate surface area is 67.8 Å². The maximum atomic E-state index is 5.91. The summed E-state index contributed by atoms with van der Waals surface area (Å²) < 4.78 is 0. The second-order valence-electron chi connectivity index (χ2n) is 3.92. The molecule has 1 aliphatic rings. The molecule has 0 aromatic carbocycles. The minimum Gasteiger partial charge on any atom is -0.326 e. The first kappa shape index (κ1) is 8.41. The fourth-order valence-corrected chi connectivity index (χ4v) is 2.77. The summed E-state index contributed by atoms with van der Waals surface area (Å²) in [5.74, 6) is 3.58. The molecule has 0 saturated carbocycles. The van der Waals surface area contributed by atoms with Crippen molar-refractivity contribution < 1.29 is 0 Å². The van der Waals surface area contributed by atoms with Gasteiger partial charge in [-0.1, -0.05) is 0 Å². The van der Waals surface area contributed by atoms with Gasteiger partial charge < -0.3 is 5.73 Å². The molecule has 0 bridgehead atoms. The van der Waals surface area contributed by atoms with Gasteiger partial charge in [0.25, 0.3) is 0 Å². The molecule has 1 aliphatic heterocycles. The van der Waals surface area contributed by atoms with Crippen LogP contribution in [0, 0.1) is 5.92 Å². The topological polar surface area (TPSA) is 26.0 Å². The predicted octanol–water partition coefficient (Wildman–Crippen LogP) is 1.87. The van der Waals surface area contributed by atoms with Gasteiger partial charge in [-0.3, -0.25) is 0 Å². The summed E-state index contributed by atoms with van der Waals surface area (Å²) in [5.41, 5.74) is 5.96. The van der Waals surface area contributed by atoms with Gasteiger partial charge in [0.05, 0.1) is 0 Å². The highest BCUT2D eigenvalue weighted by Crippen LogP contribution is 2.29. The lowest BCUT2D eigenvalue weighted by Gasteiger charge is -2.21. The molecule has 60 valence electrons. The van der Waals surface area contributed by atoms with Gasteiger partial charge in [-0.05, 0) is 44.1 Å². The monoisotopic (exact) mass is 159 g/mol. The van der Waals surface area contributed by atoms with Crippen molar-refractivity contribution in [1.82, 2.24) is 0 Å². The van der Waals surface area contributed by atoms with Crippen LogP contribution in [0.25, 0.3) is 0 Å². The largest absolute Gasteiger partial charge is 0.326 e. The lowest BCUT2D eigenvalue weighted by atomic mass is 9.91. The Kier molecular flexibility index (Phi) is 2.64. The number of thioether (sulfide) groups is 1. The van der Waals surface area contributed by atoms with Crippen LogP contribution in [0.4, 0.5) is 0 Å². The van der Waals surface area contributed by atoms with E-state index in [9.17, 15) is 0 Å². The zero-order valence-electron chi connectivity index (χ0n) is 6.89. The van der Waals surface area contributed by atoms with Crippen molar-refractivity contribution >= 4 is 11.8 Å². The van der Waals surface area contributed by atoms with Crippen molar-refractivity contribution in [1.29, 1.82) is 0 Å². The van der Waals surface area contributed by atoms with Gasteiger partial charge in [-0.15, -0.1) is 0 Å². The summed E-state index contributed by atoms with van der Waals surface area (Å²) in [5, 5.41) is 0. The molecule has 0 radical (unpaired) electrons. The van der Waals surface area contributed by atoms with E-state index in [1.54, 1.807) is 0 Å². The number of hydrogen-bond acceptors (Lipinski definition) is 2. The maximum absolute atomic E-state index is 5.91. The molecule has 1 rings (SSSR count). The highest BCUT2D eigenvalue weighted by atomic mass is 32.2. The lowest BCUT2D eigenvalue weighted by Crippen LogP contribution is -2.34. The fourth-order valence-electron chi connectivity index (χ4n) is 1.49. The minimum atomic E-state index is 0.0512. The van der Waals surface area contributed by atoms with E-state index in [2.05, 4.69) is 25.6 Å². The van der Waals surface area contributed by atoms with Crippen molar-refractivity contribution in [2.45, 2.75) is 32.2 Å². The third-order valence-corrected chi connectivity index (χ3v) is 3.07. The van der Waals surface area contributed by atoms with Gasteiger partial charge >= 0.3 is 0 Å². The predicted molar refractivity (Wildman–Crippen MR) is 48.3 cm³/mol. The smallest absolute Gasteiger partial charge is 0.00999 e. The Balaban J connectivity index is 2.24. The van der Waals surface area contributed by atoms with E-state index in [0.29, 0.717) is 0 Å². The van der Waals surface area contributed by atoms with Crippen LogP contribution in [0.2, 0.25) is 0 Å². The molecule has 0 amide bonds. The number of nitrogens with two attached hydrogens (primary N) is 1. The van der Waals surface area contributed by atoms with Gasteiger partial charge in [-0.25, -0.2) is 0 Å². The van der Waals surface area contributed by atoms with E-state index in [1.807, 2.05) is 0 Å². The van der Waals surface area contributed by atoms with Gasteiger partial charge in [0.1, 0.15) is 0 Å². The van der Waals surface area contributed by atoms with Crippen LogP contribution in [0.3, 0.4) is 0 Å². The molecule has 1 fully saturated rings. The zero-order chi connectivity index (χ0) is 7.61. The molecule has 10 heavy (non-hydrogen) atoms. The SMILES string of the molecule is CC(C)(N)CC1CCSC1. The third-order valence-electron chi connectivity index (χ3n) is 1.84.